The highest BCUT2D eigenvalue weighted by Gasteiger charge is 2.39. The number of sulfonamides is 1. The molecule has 0 spiro atoms. The largest absolute Gasteiger partial charge is 0.465 e. The van der Waals surface area contributed by atoms with E-state index in [-0.39, 0.29) is 28.7 Å². The zero-order valence-electron chi connectivity index (χ0n) is 17.9. The summed E-state index contributed by atoms with van der Waals surface area (Å²) in [6, 6.07) is 12.8. The smallest absolute Gasteiger partial charge is 0.339 e. The van der Waals surface area contributed by atoms with Crippen LogP contribution in [0.15, 0.2) is 59.5 Å². The number of rotatable bonds is 4. The highest BCUT2D eigenvalue weighted by Crippen LogP contribution is 2.50. The lowest BCUT2D eigenvalue weighted by molar-refractivity contribution is 0.0601. The number of carbonyl (C=O) groups is 1. The van der Waals surface area contributed by atoms with Crippen molar-refractivity contribution in [2.45, 2.75) is 23.3 Å². The molecule has 0 amide bonds. The van der Waals surface area contributed by atoms with Gasteiger partial charge in [0.1, 0.15) is 0 Å². The average Bonchev–Trinajstić information content (AvgIpc) is 3.34. The normalized spacial score (nSPS) is 25.0. The summed E-state index contributed by atoms with van der Waals surface area (Å²) < 4.78 is 37.7. The number of para-hydroxylation sites is 1. The Morgan fingerprint density at radius 1 is 1.12 bits per heavy atom. The fourth-order valence-corrected chi connectivity index (χ4v) is 6.42. The van der Waals surface area contributed by atoms with Crippen molar-refractivity contribution in [3.05, 3.63) is 71.3 Å². The maximum absolute atomic E-state index is 13.0. The highest BCUT2D eigenvalue weighted by molar-refractivity contribution is 7.89. The number of anilines is 1. The summed E-state index contributed by atoms with van der Waals surface area (Å²) >= 11 is 0. The van der Waals surface area contributed by atoms with E-state index in [0.717, 1.165) is 23.2 Å². The highest BCUT2D eigenvalue weighted by atomic mass is 32.2. The molecule has 0 radical (unpaired) electrons. The molecule has 1 aliphatic carbocycles. The van der Waals surface area contributed by atoms with Gasteiger partial charge >= 0.3 is 5.97 Å². The Morgan fingerprint density at radius 3 is 2.59 bits per heavy atom. The molecule has 7 nitrogen and oxygen atoms in total. The molecule has 5 rings (SSSR count). The van der Waals surface area contributed by atoms with E-state index in [2.05, 4.69) is 23.5 Å². The van der Waals surface area contributed by atoms with E-state index in [0.29, 0.717) is 31.9 Å². The number of nitrogens with one attached hydrogen (secondary N) is 1. The topological polar surface area (TPSA) is 84.9 Å². The number of fused-ring (bicyclic) bond motifs is 3. The number of hydrogen-bond acceptors (Lipinski definition) is 6. The third kappa shape index (κ3) is 3.52. The van der Waals surface area contributed by atoms with Crippen molar-refractivity contribution in [2.75, 3.05) is 38.7 Å². The Hall–Kier alpha value is -2.68. The summed E-state index contributed by atoms with van der Waals surface area (Å²) in [5, 5.41) is 3.57. The molecule has 32 heavy (non-hydrogen) atoms. The molecular weight excluding hydrogens is 428 g/mol. The minimum Gasteiger partial charge on any atom is -0.465 e. The van der Waals surface area contributed by atoms with Gasteiger partial charge in [-0.2, -0.15) is 4.31 Å². The minimum atomic E-state index is -3.54. The van der Waals surface area contributed by atoms with Crippen molar-refractivity contribution in [3.63, 3.8) is 0 Å². The quantitative estimate of drug-likeness (QED) is 0.564. The molecule has 1 N–H and O–H groups in total. The summed E-state index contributed by atoms with van der Waals surface area (Å²) in [5.41, 5.74) is 3.40. The summed E-state index contributed by atoms with van der Waals surface area (Å²) in [7, 11) is -2.15. The third-order valence-electron chi connectivity index (χ3n) is 6.65. The van der Waals surface area contributed by atoms with Crippen LogP contribution >= 0.6 is 0 Å². The van der Waals surface area contributed by atoms with E-state index in [1.807, 2.05) is 18.2 Å². The zero-order chi connectivity index (χ0) is 22.3. The van der Waals surface area contributed by atoms with Crippen molar-refractivity contribution in [1.29, 1.82) is 0 Å². The van der Waals surface area contributed by atoms with Crippen LogP contribution in [0.25, 0.3) is 0 Å². The van der Waals surface area contributed by atoms with Gasteiger partial charge in [-0.1, -0.05) is 36.4 Å². The lowest BCUT2D eigenvalue weighted by atomic mass is 9.76. The predicted molar refractivity (Wildman–Crippen MR) is 120 cm³/mol. The van der Waals surface area contributed by atoms with Gasteiger partial charge in [0.15, 0.2) is 0 Å². The van der Waals surface area contributed by atoms with Gasteiger partial charge in [0.25, 0.3) is 0 Å². The number of nitrogens with zero attached hydrogens (tertiary/aromatic N) is 1. The molecule has 3 atom stereocenters. The second-order valence-electron chi connectivity index (χ2n) is 8.32. The van der Waals surface area contributed by atoms with E-state index >= 15 is 0 Å². The fourth-order valence-electron chi connectivity index (χ4n) is 5.01. The predicted octanol–water partition coefficient (Wildman–Crippen LogP) is 3.32. The summed E-state index contributed by atoms with van der Waals surface area (Å²) in [6.07, 6.45) is 5.30. The monoisotopic (exact) mass is 454 g/mol. The van der Waals surface area contributed by atoms with Gasteiger partial charge in [-0.15, -0.1) is 0 Å². The minimum absolute atomic E-state index is 0.0477. The summed E-state index contributed by atoms with van der Waals surface area (Å²) in [4.78, 5) is 12.7. The molecule has 168 valence electrons. The number of esters is 1. The summed E-state index contributed by atoms with van der Waals surface area (Å²) in [5.74, 6) is 0.107. The van der Waals surface area contributed by atoms with Crippen molar-refractivity contribution >= 4 is 21.7 Å². The van der Waals surface area contributed by atoms with Crippen LogP contribution in [0.4, 0.5) is 5.69 Å². The Balaban J connectivity index is 1.47. The molecule has 1 fully saturated rings. The molecule has 0 saturated carbocycles. The van der Waals surface area contributed by atoms with Crippen LogP contribution in [0, 0.1) is 5.92 Å². The zero-order valence-corrected chi connectivity index (χ0v) is 18.7. The molecule has 0 unspecified atom stereocenters. The number of methoxy groups -OCH3 is 1. The SMILES string of the molecule is COC(=O)c1cccc2c1N[C@@H](c1ccc(S(=O)(=O)N3CCOCC3)cc1)[C@H]1CC=C[C@@H]21. The first kappa shape index (κ1) is 21.2. The molecular formula is C24H26N2O5S. The van der Waals surface area contributed by atoms with Crippen LogP contribution in [0.3, 0.4) is 0 Å². The molecule has 0 bridgehead atoms. The maximum atomic E-state index is 13.0. The first-order valence-corrected chi connectivity index (χ1v) is 12.3. The summed E-state index contributed by atoms with van der Waals surface area (Å²) in [6.45, 7) is 1.58. The fraction of sp³-hybridized carbons (Fsp3) is 0.375. The van der Waals surface area contributed by atoms with Gasteiger partial charge in [-0.05, 0) is 41.7 Å². The van der Waals surface area contributed by atoms with Gasteiger partial charge in [0, 0.05) is 19.0 Å². The number of ether oxygens (including phenoxy) is 2. The van der Waals surface area contributed by atoms with Crippen LogP contribution in [0.1, 0.15) is 39.9 Å². The lowest BCUT2D eigenvalue weighted by Gasteiger charge is -2.38. The number of carbonyl (C=O) groups excluding carboxylic acids is 1. The van der Waals surface area contributed by atoms with Crippen LogP contribution in [0.5, 0.6) is 0 Å². The number of allylic oxidation sites excluding steroid dienone is 2. The van der Waals surface area contributed by atoms with Crippen molar-refractivity contribution in [3.8, 4) is 0 Å². The number of morpholine rings is 1. The molecule has 3 aliphatic rings. The maximum Gasteiger partial charge on any atom is 0.339 e. The number of benzene rings is 2. The van der Waals surface area contributed by atoms with E-state index in [9.17, 15) is 13.2 Å². The van der Waals surface area contributed by atoms with Crippen LogP contribution in [-0.4, -0.2) is 52.1 Å². The Bertz CT molecular complexity index is 1150. The first-order valence-electron chi connectivity index (χ1n) is 10.8. The Labute approximate surface area is 188 Å². The first-order chi connectivity index (χ1) is 15.5. The van der Waals surface area contributed by atoms with Gasteiger partial charge in [0.05, 0.1) is 42.5 Å². The van der Waals surface area contributed by atoms with E-state index in [4.69, 9.17) is 9.47 Å². The molecule has 8 heteroatoms. The number of hydrogen-bond donors (Lipinski definition) is 1. The second kappa shape index (κ2) is 8.35. The molecule has 2 aromatic carbocycles. The van der Waals surface area contributed by atoms with Gasteiger partial charge in [0.2, 0.25) is 10.0 Å². The second-order valence-corrected chi connectivity index (χ2v) is 10.3. The average molecular weight is 455 g/mol. The Kier molecular flexibility index (Phi) is 5.53. The van der Waals surface area contributed by atoms with Gasteiger partial charge in [-0.3, -0.25) is 0 Å². The van der Waals surface area contributed by atoms with E-state index in [1.165, 1.54) is 11.4 Å². The van der Waals surface area contributed by atoms with E-state index in [1.54, 1.807) is 18.2 Å². The van der Waals surface area contributed by atoms with Crippen LogP contribution in [0.2, 0.25) is 0 Å². The molecule has 2 aromatic rings. The van der Waals surface area contributed by atoms with Gasteiger partial charge in [-0.25, -0.2) is 13.2 Å². The molecule has 2 heterocycles. The van der Waals surface area contributed by atoms with Crippen LogP contribution in [-0.2, 0) is 19.5 Å². The molecule has 0 aromatic heterocycles. The van der Waals surface area contributed by atoms with E-state index < -0.39 is 10.0 Å². The third-order valence-corrected chi connectivity index (χ3v) is 8.56. The van der Waals surface area contributed by atoms with Gasteiger partial charge < -0.3 is 14.8 Å². The lowest BCUT2D eigenvalue weighted by Crippen LogP contribution is -2.40. The Morgan fingerprint density at radius 2 is 1.88 bits per heavy atom. The molecule has 2 aliphatic heterocycles. The molecule has 1 saturated heterocycles. The van der Waals surface area contributed by atoms with Crippen LogP contribution < -0.4 is 5.32 Å². The van der Waals surface area contributed by atoms with Crippen molar-refractivity contribution < 1.29 is 22.7 Å². The standard InChI is InChI=1S/C24H26N2O5S/c1-30-24(27)21-7-3-6-20-18-4-2-5-19(18)22(25-23(20)21)16-8-10-17(11-9-16)32(28,29)26-12-14-31-15-13-26/h2-4,6-11,18-19,22,25H,5,12-15H2,1H3/t18-,19+,22+/m1/s1. The van der Waals surface area contributed by atoms with Crippen molar-refractivity contribution in [2.24, 2.45) is 5.92 Å². The van der Waals surface area contributed by atoms with Crippen molar-refractivity contribution in [1.82, 2.24) is 4.31 Å².